The quantitative estimate of drug-likeness (QED) is 0.644. The number of hydrogen-bond donors (Lipinski definition) is 3. The molecular weight excluding hydrogens is 324 g/mol. The van der Waals surface area contributed by atoms with Crippen LogP contribution in [0.15, 0.2) is 41.9 Å². The Kier molecular flexibility index (Phi) is 4.59. The molecule has 0 spiro atoms. The number of H-pyrrole nitrogens is 1. The molecule has 3 rings (SSSR count). The maximum absolute atomic E-state index is 12.3. The van der Waals surface area contributed by atoms with Gasteiger partial charge in [-0.2, -0.15) is 0 Å². The van der Waals surface area contributed by atoms with Crippen LogP contribution in [0.3, 0.4) is 0 Å². The van der Waals surface area contributed by atoms with Crippen LogP contribution >= 0.6 is 11.3 Å². The minimum absolute atomic E-state index is 0.140. The standard InChI is InChI=1S/C18H20N2O3S/c1-18(22,15-7-4-8-24-15)11-20-16(21)9-12-10-19-13-5-3-6-14(23-2)17(12)13/h3-8,10,19,22H,9,11H2,1-2H3,(H,20,21). The normalized spacial score (nSPS) is 13.6. The van der Waals surface area contributed by atoms with Gasteiger partial charge in [-0.05, 0) is 36.1 Å². The topological polar surface area (TPSA) is 74.4 Å². The maximum Gasteiger partial charge on any atom is 0.224 e. The van der Waals surface area contributed by atoms with E-state index < -0.39 is 5.60 Å². The summed E-state index contributed by atoms with van der Waals surface area (Å²) in [5.74, 6) is 0.598. The highest BCUT2D eigenvalue weighted by Gasteiger charge is 2.25. The Morgan fingerprint density at radius 1 is 1.38 bits per heavy atom. The molecule has 0 aliphatic carbocycles. The van der Waals surface area contributed by atoms with Gasteiger partial charge in [-0.3, -0.25) is 4.79 Å². The summed E-state index contributed by atoms with van der Waals surface area (Å²) in [5.41, 5.74) is 0.736. The van der Waals surface area contributed by atoms with Crippen LogP contribution in [0.25, 0.3) is 10.9 Å². The number of fused-ring (bicyclic) bond motifs is 1. The first kappa shape index (κ1) is 16.5. The SMILES string of the molecule is COc1cccc2[nH]cc(CC(=O)NCC(C)(O)c3cccs3)c12. The van der Waals surface area contributed by atoms with Gasteiger partial charge in [0.15, 0.2) is 0 Å². The first-order chi connectivity index (χ1) is 11.5. The Morgan fingerprint density at radius 2 is 2.21 bits per heavy atom. The van der Waals surface area contributed by atoms with Gasteiger partial charge in [0, 0.05) is 22.0 Å². The Labute approximate surface area is 144 Å². The monoisotopic (exact) mass is 344 g/mol. The van der Waals surface area contributed by atoms with Gasteiger partial charge in [0.1, 0.15) is 11.4 Å². The average molecular weight is 344 g/mol. The molecule has 0 fully saturated rings. The lowest BCUT2D eigenvalue weighted by molar-refractivity contribution is -0.121. The summed E-state index contributed by atoms with van der Waals surface area (Å²) < 4.78 is 5.38. The number of rotatable bonds is 6. The van der Waals surface area contributed by atoms with Gasteiger partial charge in [-0.25, -0.2) is 0 Å². The summed E-state index contributed by atoms with van der Waals surface area (Å²) in [7, 11) is 1.61. The van der Waals surface area contributed by atoms with Crippen LogP contribution in [0.5, 0.6) is 5.75 Å². The summed E-state index contributed by atoms with van der Waals surface area (Å²) in [6.45, 7) is 1.87. The van der Waals surface area contributed by atoms with Crippen LogP contribution in [-0.2, 0) is 16.8 Å². The fraction of sp³-hybridized carbons (Fsp3) is 0.278. The third kappa shape index (κ3) is 3.29. The number of aliphatic hydroxyl groups is 1. The molecule has 1 atom stereocenters. The zero-order valence-electron chi connectivity index (χ0n) is 13.6. The van der Waals surface area contributed by atoms with Crippen LogP contribution in [0.4, 0.5) is 0 Å². The second kappa shape index (κ2) is 6.67. The summed E-state index contributed by atoms with van der Waals surface area (Å²) in [6.07, 6.45) is 2.05. The number of methoxy groups -OCH3 is 1. The molecular formula is C18H20N2O3S. The van der Waals surface area contributed by atoms with Crippen LogP contribution in [-0.4, -0.2) is 29.7 Å². The van der Waals surface area contributed by atoms with Crippen molar-refractivity contribution in [2.45, 2.75) is 18.9 Å². The van der Waals surface area contributed by atoms with E-state index in [1.807, 2.05) is 41.9 Å². The molecule has 0 radical (unpaired) electrons. The molecule has 126 valence electrons. The van der Waals surface area contributed by atoms with Crippen molar-refractivity contribution in [1.29, 1.82) is 0 Å². The van der Waals surface area contributed by atoms with Gasteiger partial charge in [-0.1, -0.05) is 12.1 Å². The number of nitrogens with one attached hydrogen (secondary N) is 2. The van der Waals surface area contributed by atoms with Gasteiger partial charge in [0.2, 0.25) is 5.91 Å². The van der Waals surface area contributed by atoms with Crippen molar-refractivity contribution in [3.8, 4) is 5.75 Å². The highest BCUT2D eigenvalue weighted by molar-refractivity contribution is 7.10. The second-order valence-corrected chi connectivity index (χ2v) is 6.85. The first-order valence-corrected chi connectivity index (χ1v) is 8.55. The lowest BCUT2D eigenvalue weighted by Crippen LogP contribution is -2.38. The van der Waals surface area contributed by atoms with E-state index in [2.05, 4.69) is 10.3 Å². The summed E-state index contributed by atoms with van der Waals surface area (Å²) in [5, 5.41) is 16.1. The van der Waals surface area contributed by atoms with Crippen molar-refractivity contribution in [2.75, 3.05) is 13.7 Å². The first-order valence-electron chi connectivity index (χ1n) is 7.67. The molecule has 0 saturated heterocycles. The predicted molar refractivity (Wildman–Crippen MR) is 95.5 cm³/mol. The predicted octanol–water partition coefficient (Wildman–Crippen LogP) is 2.80. The molecule has 2 aromatic heterocycles. The van der Waals surface area contributed by atoms with Gasteiger partial charge in [0.05, 0.1) is 20.1 Å². The largest absolute Gasteiger partial charge is 0.496 e. The van der Waals surface area contributed by atoms with Gasteiger partial charge in [0.25, 0.3) is 0 Å². The third-order valence-electron chi connectivity index (χ3n) is 4.00. The van der Waals surface area contributed by atoms with E-state index in [4.69, 9.17) is 4.74 Å². The van der Waals surface area contributed by atoms with Crippen molar-refractivity contribution >= 4 is 28.1 Å². The molecule has 24 heavy (non-hydrogen) atoms. The smallest absolute Gasteiger partial charge is 0.224 e. The fourth-order valence-electron chi connectivity index (χ4n) is 2.71. The van der Waals surface area contributed by atoms with Crippen molar-refractivity contribution in [3.05, 3.63) is 52.3 Å². The second-order valence-electron chi connectivity index (χ2n) is 5.90. The van der Waals surface area contributed by atoms with E-state index in [0.29, 0.717) is 0 Å². The summed E-state index contributed by atoms with van der Waals surface area (Å²) in [4.78, 5) is 16.3. The maximum atomic E-state index is 12.3. The molecule has 2 heterocycles. The van der Waals surface area contributed by atoms with Crippen molar-refractivity contribution in [1.82, 2.24) is 10.3 Å². The minimum Gasteiger partial charge on any atom is -0.496 e. The molecule has 1 aromatic carbocycles. The number of aromatic amines is 1. The number of aromatic nitrogens is 1. The molecule has 0 aliphatic rings. The zero-order valence-corrected chi connectivity index (χ0v) is 14.4. The Hall–Kier alpha value is -2.31. The molecule has 0 saturated carbocycles. The summed E-state index contributed by atoms with van der Waals surface area (Å²) >= 11 is 1.47. The minimum atomic E-state index is -1.07. The average Bonchev–Trinajstić information content (AvgIpc) is 3.23. The fourth-order valence-corrected chi connectivity index (χ4v) is 3.49. The Balaban J connectivity index is 1.70. The zero-order chi connectivity index (χ0) is 17.2. The molecule has 0 aliphatic heterocycles. The van der Waals surface area contributed by atoms with E-state index >= 15 is 0 Å². The van der Waals surface area contributed by atoms with Crippen LogP contribution in [0.2, 0.25) is 0 Å². The molecule has 5 nitrogen and oxygen atoms in total. The molecule has 1 unspecified atom stereocenters. The van der Waals surface area contributed by atoms with Crippen LogP contribution < -0.4 is 10.1 Å². The van der Waals surface area contributed by atoms with Gasteiger partial charge in [-0.15, -0.1) is 11.3 Å². The van der Waals surface area contributed by atoms with E-state index in [1.165, 1.54) is 11.3 Å². The van der Waals surface area contributed by atoms with Crippen molar-refractivity contribution < 1.29 is 14.6 Å². The molecule has 1 amide bonds. The van der Waals surface area contributed by atoms with E-state index in [9.17, 15) is 9.90 Å². The Morgan fingerprint density at radius 3 is 2.92 bits per heavy atom. The highest BCUT2D eigenvalue weighted by atomic mass is 32.1. The Bertz CT molecular complexity index is 837. The number of carbonyl (C=O) groups excluding carboxylic acids is 1. The van der Waals surface area contributed by atoms with Gasteiger partial charge >= 0.3 is 0 Å². The summed E-state index contributed by atoms with van der Waals surface area (Å²) in [6, 6.07) is 9.47. The van der Waals surface area contributed by atoms with E-state index in [-0.39, 0.29) is 18.9 Å². The van der Waals surface area contributed by atoms with E-state index in [1.54, 1.807) is 14.0 Å². The number of benzene rings is 1. The molecule has 6 heteroatoms. The number of ether oxygens (including phenoxy) is 1. The number of hydrogen-bond acceptors (Lipinski definition) is 4. The lowest BCUT2D eigenvalue weighted by Gasteiger charge is -2.22. The molecule has 3 N–H and O–H groups in total. The number of thiophene rings is 1. The highest BCUT2D eigenvalue weighted by Crippen LogP contribution is 2.29. The van der Waals surface area contributed by atoms with Crippen LogP contribution in [0.1, 0.15) is 17.4 Å². The molecule has 3 aromatic rings. The molecule has 0 bridgehead atoms. The van der Waals surface area contributed by atoms with E-state index in [0.717, 1.165) is 27.1 Å². The van der Waals surface area contributed by atoms with Crippen molar-refractivity contribution in [3.63, 3.8) is 0 Å². The van der Waals surface area contributed by atoms with Gasteiger partial charge < -0.3 is 20.1 Å². The lowest BCUT2D eigenvalue weighted by atomic mass is 10.0. The van der Waals surface area contributed by atoms with Crippen molar-refractivity contribution in [2.24, 2.45) is 0 Å². The number of amides is 1. The third-order valence-corrected chi connectivity index (χ3v) is 5.12. The number of carbonyl (C=O) groups is 1. The van der Waals surface area contributed by atoms with Crippen LogP contribution in [0, 0.1) is 0 Å².